The summed E-state index contributed by atoms with van der Waals surface area (Å²) in [5.41, 5.74) is 2.41. The molecule has 0 N–H and O–H groups in total. The van der Waals surface area contributed by atoms with Crippen LogP contribution in [0.2, 0.25) is 0 Å². The monoisotopic (exact) mass is 816 g/mol. The van der Waals surface area contributed by atoms with E-state index >= 15 is 4.79 Å². The van der Waals surface area contributed by atoms with Crippen LogP contribution in [-0.2, 0) is 4.79 Å². The molecule has 0 radical (unpaired) electrons. The molecule has 6 aromatic rings. The molecule has 0 amide bonds. The van der Waals surface area contributed by atoms with Gasteiger partial charge in [-0.3, -0.25) is 23.4 Å². The zero-order chi connectivity index (χ0) is 40.9. The van der Waals surface area contributed by atoms with Crippen molar-refractivity contribution in [1.82, 2.24) is 58.9 Å². The molecule has 4 atom stereocenters. The van der Waals surface area contributed by atoms with Crippen LogP contribution >= 0.6 is 0 Å². The van der Waals surface area contributed by atoms with Crippen molar-refractivity contribution < 1.29 is 13.6 Å². The highest BCUT2D eigenvalue weighted by molar-refractivity contribution is 5.90. The van der Waals surface area contributed by atoms with Gasteiger partial charge in [-0.1, -0.05) is 26.0 Å². The summed E-state index contributed by atoms with van der Waals surface area (Å²) in [5.74, 6) is 2.46. The third-order valence-electron chi connectivity index (χ3n) is 13.3. The van der Waals surface area contributed by atoms with Crippen LogP contribution in [0, 0.1) is 23.7 Å². The summed E-state index contributed by atoms with van der Waals surface area (Å²) in [6, 6.07) is 8.06. The van der Waals surface area contributed by atoms with E-state index < -0.39 is 24.0 Å². The van der Waals surface area contributed by atoms with Crippen LogP contribution < -0.4 is 9.80 Å². The molecule has 10 heterocycles. The lowest BCUT2D eigenvalue weighted by Gasteiger charge is -2.40. The first-order valence-electron chi connectivity index (χ1n) is 21.5. The normalized spacial score (nSPS) is 22.3. The van der Waals surface area contributed by atoms with E-state index in [2.05, 4.69) is 53.6 Å². The molecule has 17 heteroatoms. The van der Waals surface area contributed by atoms with Crippen molar-refractivity contribution in [3.05, 3.63) is 96.1 Å². The van der Waals surface area contributed by atoms with Crippen molar-refractivity contribution in [1.29, 1.82) is 0 Å². The maximum Gasteiger partial charge on any atom is 0.213 e. The number of nitrogens with zero attached hydrogens (tertiary/aromatic N) is 14. The molecule has 0 saturated carbocycles. The van der Waals surface area contributed by atoms with Gasteiger partial charge in [-0.05, 0) is 114 Å². The molecule has 0 bridgehead atoms. The van der Waals surface area contributed by atoms with Gasteiger partial charge < -0.3 is 9.80 Å². The topological polar surface area (TPSA) is 142 Å². The Balaban J connectivity index is 1.06. The minimum atomic E-state index is -0.748. The fraction of sp³-hybridized carbons (Fsp3) is 0.512. The molecule has 10 rings (SSSR count). The molecule has 15 nitrogen and oxygen atoms in total. The van der Waals surface area contributed by atoms with Crippen LogP contribution in [0.4, 0.5) is 20.4 Å². The minimum absolute atomic E-state index is 0.0366. The minimum Gasteiger partial charge on any atom is -0.347 e. The van der Waals surface area contributed by atoms with E-state index in [0.29, 0.717) is 57.8 Å². The van der Waals surface area contributed by atoms with Gasteiger partial charge in [-0.15, -0.1) is 20.4 Å². The van der Waals surface area contributed by atoms with Crippen LogP contribution in [0.5, 0.6) is 0 Å². The Kier molecular flexibility index (Phi) is 10.4. The molecule has 2 unspecified atom stereocenters. The van der Waals surface area contributed by atoms with E-state index in [4.69, 9.17) is 20.2 Å². The number of pyridine rings is 2. The lowest BCUT2D eigenvalue weighted by molar-refractivity contribution is -0.132. The molecule has 0 spiro atoms. The molecule has 4 aliphatic heterocycles. The number of Topliss-reactive ketones (excluding diaryl/α,β-unsaturated/α-hetero) is 1. The highest BCUT2D eigenvalue weighted by atomic mass is 19.1. The Labute approximate surface area is 346 Å². The largest absolute Gasteiger partial charge is 0.347 e. The summed E-state index contributed by atoms with van der Waals surface area (Å²) in [4.78, 5) is 42.8. The van der Waals surface area contributed by atoms with Crippen LogP contribution in [0.1, 0.15) is 112 Å². The number of carbonyl (C=O) groups is 1. The molecule has 60 heavy (non-hydrogen) atoms. The number of rotatable bonds is 10. The fourth-order valence-corrected chi connectivity index (χ4v) is 9.87. The first-order chi connectivity index (χ1) is 29.3. The second-order valence-electron chi connectivity index (χ2n) is 17.2. The smallest absolute Gasteiger partial charge is 0.213 e. The number of aromatic nitrogens is 10. The van der Waals surface area contributed by atoms with Crippen molar-refractivity contribution >= 4 is 28.7 Å². The molecule has 6 aromatic heterocycles. The molecular weight excluding hydrogens is 767 g/mol. The Hall–Kier alpha value is -5.55. The van der Waals surface area contributed by atoms with Gasteiger partial charge in [0.2, 0.25) is 11.9 Å². The van der Waals surface area contributed by atoms with Gasteiger partial charge in [0, 0.05) is 13.1 Å². The van der Waals surface area contributed by atoms with Crippen molar-refractivity contribution in [2.45, 2.75) is 89.4 Å². The number of piperidine rings is 2. The van der Waals surface area contributed by atoms with Crippen molar-refractivity contribution in [3.63, 3.8) is 0 Å². The Morgan fingerprint density at radius 3 is 1.45 bits per heavy atom. The zero-order valence-corrected chi connectivity index (χ0v) is 34.1. The van der Waals surface area contributed by atoms with Crippen LogP contribution in [0.3, 0.4) is 0 Å². The van der Waals surface area contributed by atoms with Crippen LogP contribution in [-0.4, -0.2) is 104 Å². The number of hydrogen-bond donors (Lipinski definition) is 0. The molecule has 0 aromatic carbocycles. The van der Waals surface area contributed by atoms with E-state index in [-0.39, 0.29) is 17.9 Å². The number of ketones is 1. The van der Waals surface area contributed by atoms with Gasteiger partial charge in [-0.2, -0.15) is 8.78 Å². The van der Waals surface area contributed by atoms with Crippen molar-refractivity contribution in [2.24, 2.45) is 11.8 Å². The second-order valence-corrected chi connectivity index (χ2v) is 17.2. The van der Waals surface area contributed by atoms with Crippen molar-refractivity contribution in [2.75, 3.05) is 49.1 Å². The standard InChI is InChI=1S/C43H50F2N14O/c1-27-13-19-54(20-14-27)39(42-52-50-35-23-46-37(25-58(35)42)56-17-5-9-31(56)29-7-3-11-33(44)48-29)41(60)40(55-21-15-28(2)16-22-55)43-53-51-36-24-47-38(26-59(36)43)57-18-6-10-32(57)30-8-4-12-34(45)49-30/h3-4,7-8,11-12,23-28,31-32,39-40H,5-6,9-10,13-22H2,1-2H3/t31?,32?,39-,40-/m0/s1. The highest BCUT2D eigenvalue weighted by Crippen LogP contribution is 2.39. The lowest BCUT2D eigenvalue weighted by atomic mass is 9.92. The number of likely N-dealkylation sites (tertiary alicyclic amines) is 2. The summed E-state index contributed by atoms with van der Waals surface area (Å²) in [5, 5.41) is 18.7. The number of halogens is 2. The highest BCUT2D eigenvalue weighted by Gasteiger charge is 2.43. The van der Waals surface area contributed by atoms with Gasteiger partial charge in [0.15, 0.2) is 28.7 Å². The fourth-order valence-electron chi connectivity index (χ4n) is 9.87. The van der Waals surface area contributed by atoms with E-state index in [9.17, 15) is 8.78 Å². The third kappa shape index (κ3) is 7.24. The summed E-state index contributed by atoms with van der Waals surface area (Å²) in [7, 11) is 0. The molecule has 4 fully saturated rings. The van der Waals surface area contributed by atoms with Crippen LogP contribution in [0.25, 0.3) is 11.3 Å². The zero-order valence-electron chi connectivity index (χ0n) is 34.1. The second kappa shape index (κ2) is 16.1. The summed E-state index contributed by atoms with van der Waals surface area (Å²) >= 11 is 0. The van der Waals surface area contributed by atoms with Gasteiger partial charge in [-0.25, -0.2) is 19.9 Å². The maximum absolute atomic E-state index is 15.9. The number of hydrogen-bond acceptors (Lipinski definition) is 13. The Morgan fingerprint density at radius 1 is 0.600 bits per heavy atom. The van der Waals surface area contributed by atoms with E-state index in [1.54, 1.807) is 24.5 Å². The molecular formula is C43H50F2N14O. The predicted molar refractivity (Wildman–Crippen MR) is 219 cm³/mol. The SMILES string of the molecule is CC1CCN([C@@H](C(=O)[C@@H](c2nnc3cnc(N4CCCC4c4cccc(F)n4)cn23)N2CCC(C)CC2)c2nnc3cnc(N4CCCC4c4cccc(F)n4)cn23)CC1. The molecule has 4 saturated heterocycles. The van der Waals surface area contributed by atoms with Crippen molar-refractivity contribution in [3.8, 4) is 0 Å². The summed E-state index contributed by atoms with van der Waals surface area (Å²) in [6.07, 6.45) is 14.5. The molecule has 0 aliphatic carbocycles. The Morgan fingerprint density at radius 2 is 1.03 bits per heavy atom. The number of anilines is 2. The summed E-state index contributed by atoms with van der Waals surface area (Å²) < 4.78 is 32.4. The predicted octanol–water partition coefficient (Wildman–Crippen LogP) is 6.13. The van der Waals surface area contributed by atoms with E-state index in [1.165, 1.54) is 12.1 Å². The first kappa shape index (κ1) is 38.6. The first-order valence-corrected chi connectivity index (χ1v) is 21.5. The van der Waals surface area contributed by atoms with Gasteiger partial charge >= 0.3 is 0 Å². The average molecular weight is 817 g/mol. The van der Waals surface area contributed by atoms with E-state index in [1.807, 2.05) is 33.3 Å². The number of fused-ring (bicyclic) bond motifs is 2. The third-order valence-corrected chi connectivity index (χ3v) is 13.3. The van der Waals surface area contributed by atoms with Gasteiger partial charge in [0.1, 0.15) is 23.7 Å². The lowest BCUT2D eigenvalue weighted by Crippen LogP contribution is -2.47. The molecule has 4 aliphatic rings. The van der Waals surface area contributed by atoms with E-state index in [0.717, 1.165) is 90.6 Å². The maximum atomic E-state index is 15.9. The number of carbonyl (C=O) groups excluding carboxylic acids is 1. The summed E-state index contributed by atoms with van der Waals surface area (Å²) in [6.45, 7) is 8.90. The van der Waals surface area contributed by atoms with Gasteiger partial charge in [0.05, 0.1) is 48.3 Å². The van der Waals surface area contributed by atoms with Gasteiger partial charge in [0.25, 0.3) is 0 Å². The van der Waals surface area contributed by atoms with Crippen LogP contribution in [0.15, 0.2) is 61.2 Å². The molecule has 312 valence electrons. The Bertz CT molecular complexity index is 2320. The quantitative estimate of drug-likeness (QED) is 0.147. The average Bonchev–Trinajstić information content (AvgIpc) is 4.10.